The molecule has 2 aromatic heterocycles. The van der Waals surface area contributed by atoms with Gasteiger partial charge < -0.3 is 39.1 Å². The van der Waals surface area contributed by atoms with Gasteiger partial charge in [-0.1, -0.05) is 309 Å². The van der Waals surface area contributed by atoms with Crippen LogP contribution in [0.3, 0.4) is 0 Å². The minimum atomic E-state index is -1.09. The van der Waals surface area contributed by atoms with Gasteiger partial charge in [0.2, 0.25) is 0 Å². The molecule has 0 aliphatic heterocycles. The second-order valence-corrected chi connectivity index (χ2v) is 27.1. The molecule has 15 rings (SSSR count). The van der Waals surface area contributed by atoms with Gasteiger partial charge in [0.25, 0.3) is 0 Å². The number of carbonyl (C=O) groups is 6. The quantitative estimate of drug-likeness (QED) is 0.0238. The Bertz CT molecular complexity index is 5010. The van der Waals surface area contributed by atoms with E-state index < -0.39 is 53.1 Å². The summed E-state index contributed by atoms with van der Waals surface area (Å²) in [5, 5.41) is 14.9. The lowest BCUT2D eigenvalue weighted by Crippen LogP contribution is -2.43. The fourth-order valence-corrected chi connectivity index (χ4v) is 15.4. The molecule has 542 valence electrons. The van der Waals surface area contributed by atoms with Crippen LogP contribution in [-0.4, -0.2) is 85.2 Å². The lowest BCUT2D eigenvalue weighted by atomic mass is 9.77. The van der Waals surface area contributed by atoms with Gasteiger partial charge in [-0.2, -0.15) is 0 Å². The highest BCUT2D eigenvalue weighted by Gasteiger charge is 2.41. The van der Waals surface area contributed by atoms with Crippen molar-refractivity contribution in [1.82, 2.24) is 29.7 Å². The van der Waals surface area contributed by atoms with Crippen LogP contribution < -0.4 is 10.6 Å². The largest absolute Gasteiger partial charge is 0.481 e. The first-order valence-electron chi connectivity index (χ1n) is 36.5. The van der Waals surface area contributed by atoms with Crippen molar-refractivity contribution >= 4 is 35.7 Å². The average molecular weight is 1440 g/mol. The van der Waals surface area contributed by atoms with E-state index in [2.05, 4.69) is 124 Å². The zero-order chi connectivity index (χ0) is 74.9. The maximum atomic E-state index is 14.0. The Hall–Kier alpha value is -13.3. The third-order valence-electron chi connectivity index (χ3n) is 20.5. The molecule has 0 unspecified atom stereocenters. The van der Waals surface area contributed by atoms with Crippen LogP contribution in [0, 0.1) is 0 Å². The first kappa shape index (κ1) is 72.6. The molecular formula is C93H80N6O10. The molecule has 0 spiro atoms. The highest BCUT2D eigenvalue weighted by atomic mass is 16.6. The Morgan fingerprint density at radius 2 is 0.642 bits per heavy atom. The predicted octanol–water partition coefficient (Wildman–Crippen LogP) is 16.9. The third kappa shape index (κ3) is 16.0. The fraction of sp³-hybridized carbons (Fsp3) is 0.161. The number of nitrogens with one attached hydrogen (secondary N) is 2. The van der Waals surface area contributed by atoms with Crippen LogP contribution in [0.4, 0.5) is 9.59 Å². The Labute approximate surface area is 632 Å². The van der Waals surface area contributed by atoms with E-state index in [0.29, 0.717) is 11.4 Å². The maximum absolute atomic E-state index is 14.0. The molecule has 0 radical (unpaired) electrons. The fourth-order valence-electron chi connectivity index (χ4n) is 15.4. The molecule has 0 saturated carbocycles. The molecule has 13 aromatic rings. The second kappa shape index (κ2) is 33.8. The highest BCUT2D eigenvalue weighted by molar-refractivity contribution is 5.91. The summed E-state index contributed by atoms with van der Waals surface area (Å²) >= 11 is 0. The SMILES string of the molecule is O=C(CCC(=O)[C@H](Cc1cn(C(c2ccccc2)(c2ccccc2)c2ccccc2)cn1)NC(=O)OCC1c2ccccc2-c2ccccc21)OCc1ccccc1.O=C(O)CCC(=O)[C@H](Cc1cn(C(c2ccccc2)(c2ccccc2)c2ccccc2)cn1)NC(=O)OCC1c2ccccc2-c2ccccc21. The number of esters is 1. The summed E-state index contributed by atoms with van der Waals surface area (Å²) in [6.45, 7) is 0.284. The molecule has 0 fully saturated rings. The van der Waals surface area contributed by atoms with E-state index in [9.17, 15) is 33.9 Å². The number of alkyl carbamates (subject to hydrolysis) is 2. The summed E-state index contributed by atoms with van der Waals surface area (Å²) in [7, 11) is 0. The van der Waals surface area contributed by atoms with Crippen LogP contribution >= 0.6 is 0 Å². The standard InChI is InChI=1S/C50H43N3O5.C43H37N3O5/c54-47(29-30-48(55)57-33-36-17-5-1-6-18-36)46(52-49(56)58-34-45-43-27-15-13-25-41(43)42-26-14-16-28-44(42)45)31-40-32-53(35-51-40)50(37-19-7-2-8-20-37,38-21-9-3-10-22-38)39-23-11-4-12-24-39;47-40(24-25-41(48)49)39(45-42(50)51-28-38-36-22-12-10-20-34(36)35-21-11-13-23-37(35)38)26-33-27-46(29-44-33)43(30-14-4-1-5-15-30,31-16-6-2-7-17-31)32-18-8-3-9-19-32/h1-28,32,35,45-46H,29-31,33-34H2,(H,52,56);1-23,27,29,38-39H,24-26,28H2,(H,45,50)(H,48,49)/t46-;39-/m00/s1. The summed E-state index contributed by atoms with van der Waals surface area (Å²) in [5.74, 6) is -2.64. The average Bonchev–Trinajstić information content (AvgIpc) is 1.75. The topological polar surface area (TPSA) is 210 Å². The monoisotopic (exact) mass is 1440 g/mol. The van der Waals surface area contributed by atoms with E-state index >= 15 is 0 Å². The number of carboxylic acid groups (broad SMARTS) is 1. The van der Waals surface area contributed by atoms with Crippen LogP contribution in [0.15, 0.2) is 334 Å². The van der Waals surface area contributed by atoms with Crippen molar-refractivity contribution in [2.45, 2.75) is 80.1 Å². The van der Waals surface area contributed by atoms with Crippen molar-refractivity contribution < 1.29 is 48.1 Å². The van der Waals surface area contributed by atoms with Crippen molar-refractivity contribution in [3.8, 4) is 22.3 Å². The second-order valence-electron chi connectivity index (χ2n) is 27.1. The van der Waals surface area contributed by atoms with E-state index in [4.69, 9.17) is 24.2 Å². The predicted molar refractivity (Wildman–Crippen MR) is 417 cm³/mol. The molecule has 2 heterocycles. The number of hydrogen-bond acceptors (Lipinski definition) is 11. The molecule has 2 aliphatic rings. The number of nitrogens with zero attached hydrogens (tertiary/aromatic N) is 4. The van der Waals surface area contributed by atoms with Gasteiger partial charge in [-0.3, -0.25) is 19.2 Å². The molecule has 2 aliphatic carbocycles. The number of fused-ring (bicyclic) bond motifs is 6. The highest BCUT2D eigenvalue weighted by Crippen LogP contribution is 2.47. The van der Waals surface area contributed by atoms with Gasteiger partial charge >= 0.3 is 24.1 Å². The number of benzene rings is 11. The van der Waals surface area contributed by atoms with Crippen LogP contribution in [0.1, 0.15) is 110 Å². The molecule has 16 nitrogen and oxygen atoms in total. The summed E-state index contributed by atoms with van der Waals surface area (Å²) in [5.41, 5.74) is 15.2. The molecular weight excluding hydrogens is 1360 g/mol. The molecule has 16 heteroatoms. The van der Waals surface area contributed by atoms with Gasteiger partial charge in [-0.05, 0) is 83.5 Å². The van der Waals surface area contributed by atoms with E-state index in [0.717, 1.165) is 83.5 Å². The molecule has 2 amide bonds. The molecule has 2 atom stereocenters. The Kier molecular flexibility index (Phi) is 22.5. The van der Waals surface area contributed by atoms with Crippen LogP contribution in [-0.2, 0) is 63.9 Å². The van der Waals surface area contributed by atoms with E-state index in [-0.39, 0.29) is 76.0 Å². The summed E-state index contributed by atoms with van der Waals surface area (Å²) < 4.78 is 21.2. The van der Waals surface area contributed by atoms with Gasteiger partial charge in [0.05, 0.1) is 49.0 Å². The first-order chi connectivity index (χ1) is 53.4. The lowest BCUT2D eigenvalue weighted by molar-refractivity contribution is -0.146. The number of amides is 2. The number of imidazole rings is 2. The van der Waals surface area contributed by atoms with E-state index in [1.165, 1.54) is 0 Å². The van der Waals surface area contributed by atoms with Gasteiger partial charge in [-0.25, -0.2) is 19.6 Å². The maximum Gasteiger partial charge on any atom is 0.407 e. The number of aliphatic carboxylic acids is 1. The number of Topliss-reactive ketones (excluding diaryl/α,β-unsaturated/α-hetero) is 2. The Balaban J connectivity index is 0.000000184. The number of ether oxygens (including phenoxy) is 3. The smallest absolute Gasteiger partial charge is 0.407 e. The molecule has 0 bridgehead atoms. The molecule has 109 heavy (non-hydrogen) atoms. The van der Waals surface area contributed by atoms with Crippen LogP contribution in [0.25, 0.3) is 22.3 Å². The summed E-state index contributed by atoms with van der Waals surface area (Å²) in [4.78, 5) is 88.2. The van der Waals surface area contributed by atoms with E-state index in [1.807, 2.05) is 217 Å². The van der Waals surface area contributed by atoms with Gasteiger partial charge in [0.15, 0.2) is 11.6 Å². The first-order valence-corrected chi connectivity index (χ1v) is 36.5. The van der Waals surface area contributed by atoms with Crippen LogP contribution in [0.5, 0.6) is 0 Å². The molecule has 3 N–H and O–H groups in total. The number of carbonyl (C=O) groups excluding carboxylic acids is 5. The normalized spacial score (nSPS) is 12.7. The Morgan fingerprint density at radius 1 is 0.358 bits per heavy atom. The minimum absolute atomic E-state index is 0.0457. The van der Waals surface area contributed by atoms with E-state index in [1.54, 1.807) is 12.7 Å². The van der Waals surface area contributed by atoms with Crippen molar-refractivity contribution in [1.29, 1.82) is 0 Å². The summed E-state index contributed by atoms with van der Waals surface area (Å²) in [6, 6.07) is 101. The zero-order valence-electron chi connectivity index (χ0n) is 59.8. The van der Waals surface area contributed by atoms with Gasteiger partial charge in [0.1, 0.15) is 30.9 Å². The Morgan fingerprint density at radius 3 is 0.954 bits per heavy atom. The van der Waals surface area contributed by atoms with Crippen molar-refractivity contribution in [2.24, 2.45) is 0 Å². The molecule has 11 aromatic carbocycles. The molecule has 0 saturated heterocycles. The number of aromatic nitrogens is 4. The van der Waals surface area contributed by atoms with Gasteiger partial charge in [-0.15, -0.1) is 0 Å². The number of hydrogen-bond donors (Lipinski definition) is 3. The number of carboxylic acids is 1. The number of rotatable bonds is 28. The van der Waals surface area contributed by atoms with Crippen molar-refractivity contribution in [3.05, 3.63) is 407 Å². The number of ketones is 2. The van der Waals surface area contributed by atoms with Crippen molar-refractivity contribution in [3.63, 3.8) is 0 Å². The van der Waals surface area contributed by atoms with Crippen LogP contribution in [0.2, 0.25) is 0 Å². The zero-order valence-corrected chi connectivity index (χ0v) is 59.8. The van der Waals surface area contributed by atoms with Crippen molar-refractivity contribution in [2.75, 3.05) is 13.2 Å². The van der Waals surface area contributed by atoms with Gasteiger partial charge in [0, 0.05) is 49.9 Å². The third-order valence-corrected chi connectivity index (χ3v) is 20.5. The lowest BCUT2D eigenvalue weighted by Gasteiger charge is -2.37. The summed E-state index contributed by atoms with van der Waals surface area (Å²) in [6.07, 6.45) is 5.12. The minimum Gasteiger partial charge on any atom is -0.481 e.